The molecule has 0 saturated heterocycles. The quantitative estimate of drug-likeness (QED) is 0.727. The van der Waals surface area contributed by atoms with Crippen molar-refractivity contribution in [1.29, 1.82) is 0 Å². The van der Waals surface area contributed by atoms with Crippen LogP contribution in [0.1, 0.15) is 23.7 Å². The van der Waals surface area contributed by atoms with Gasteiger partial charge in [0.1, 0.15) is 0 Å². The van der Waals surface area contributed by atoms with Crippen molar-refractivity contribution in [1.82, 2.24) is 5.32 Å². The molecule has 0 fully saturated rings. The minimum atomic E-state index is -0.234. The Hall–Kier alpha value is -1.88. The number of anilines is 1. The lowest BCUT2D eigenvalue weighted by Gasteiger charge is -2.14. The highest BCUT2D eigenvalue weighted by atomic mass is 16.2. The Bertz CT molecular complexity index is 428. The third kappa shape index (κ3) is 3.30. The molecule has 1 unspecified atom stereocenters. The van der Waals surface area contributed by atoms with E-state index < -0.39 is 0 Å². The number of carbonyl (C=O) groups is 2. The zero-order valence-corrected chi connectivity index (χ0v) is 10.7. The summed E-state index contributed by atoms with van der Waals surface area (Å²) in [6.45, 7) is 2.20. The molecule has 0 aliphatic rings. The van der Waals surface area contributed by atoms with Crippen LogP contribution in [-0.2, 0) is 4.79 Å². The van der Waals surface area contributed by atoms with E-state index in [0.717, 1.165) is 0 Å². The maximum absolute atomic E-state index is 11.9. The minimum absolute atomic E-state index is 0.156. The summed E-state index contributed by atoms with van der Waals surface area (Å²) in [5, 5.41) is 5.29. The maximum Gasteiger partial charge on any atom is 0.253 e. The van der Waals surface area contributed by atoms with E-state index in [2.05, 4.69) is 10.6 Å². The van der Waals surface area contributed by atoms with Crippen LogP contribution in [0.5, 0.6) is 0 Å². The molecule has 1 aromatic carbocycles. The smallest absolute Gasteiger partial charge is 0.253 e. The van der Waals surface area contributed by atoms with Crippen molar-refractivity contribution in [2.45, 2.75) is 13.3 Å². The molecular weight excluding hydrogens is 230 g/mol. The Labute approximate surface area is 107 Å². The van der Waals surface area contributed by atoms with Crippen molar-refractivity contribution in [2.24, 2.45) is 11.7 Å². The van der Waals surface area contributed by atoms with E-state index in [-0.39, 0.29) is 17.7 Å². The van der Waals surface area contributed by atoms with Crippen molar-refractivity contribution in [3.8, 4) is 0 Å². The molecule has 0 heterocycles. The molecule has 5 nitrogen and oxygen atoms in total. The summed E-state index contributed by atoms with van der Waals surface area (Å²) in [6, 6.07) is 6.88. The Morgan fingerprint density at radius 3 is 2.56 bits per heavy atom. The van der Waals surface area contributed by atoms with Gasteiger partial charge in [-0.25, -0.2) is 0 Å². The third-order valence-corrected chi connectivity index (χ3v) is 2.80. The summed E-state index contributed by atoms with van der Waals surface area (Å²) in [4.78, 5) is 23.6. The first-order valence-corrected chi connectivity index (χ1v) is 5.96. The second kappa shape index (κ2) is 6.76. The number of carbonyl (C=O) groups excluding carboxylic acids is 2. The minimum Gasteiger partial charge on any atom is -0.355 e. The first kappa shape index (κ1) is 14.2. The lowest BCUT2D eigenvalue weighted by Crippen LogP contribution is -2.30. The van der Waals surface area contributed by atoms with Crippen molar-refractivity contribution < 1.29 is 9.59 Å². The highest BCUT2D eigenvalue weighted by molar-refractivity contribution is 6.04. The third-order valence-electron chi connectivity index (χ3n) is 2.80. The van der Waals surface area contributed by atoms with Crippen LogP contribution in [0, 0.1) is 5.92 Å². The monoisotopic (exact) mass is 249 g/mol. The Kier molecular flexibility index (Phi) is 5.32. The first-order chi connectivity index (χ1) is 8.63. The fraction of sp³-hybridized carbons (Fsp3) is 0.385. The Morgan fingerprint density at radius 2 is 2.00 bits per heavy atom. The normalized spacial score (nSPS) is 11.7. The molecule has 0 spiro atoms. The molecule has 4 N–H and O–H groups in total. The molecule has 0 radical (unpaired) electrons. The fourth-order valence-corrected chi connectivity index (χ4v) is 1.62. The number of rotatable bonds is 5. The van der Waals surface area contributed by atoms with E-state index in [4.69, 9.17) is 5.73 Å². The van der Waals surface area contributed by atoms with Gasteiger partial charge in [0.15, 0.2) is 0 Å². The van der Waals surface area contributed by atoms with Crippen LogP contribution < -0.4 is 16.4 Å². The SMILES string of the molecule is CCC(CN)C(=O)Nc1ccccc1C(=O)NC. The molecule has 0 aliphatic heterocycles. The topological polar surface area (TPSA) is 84.2 Å². The van der Waals surface area contributed by atoms with Crippen LogP contribution in [0.15, 0.2) is 24.3 Å². The summed E-state index contributed by atoms with van der Waals surface area (Å²) in [5.41, 5.74) is 6.47. The average Bonchev–Trinajstić information content (AvgIpc) is 2.40. The summed E-state index contributed by atoms with van der Waals surface area (Å²) in [5.74, 6) is -0.620. The second-order valence-corrected chi connectivity index (χ2v) is 3.95. The van der Waals surface area contributed by atoms with Crippen LogP contribution in [0.25, 0.3) is 0 Å². The number of hydrogen-bond acceptors (Lipinski definition) is 3. The maximum atomic E-state index is 11.9. The zero-order valence-electron chi connectivity index (χ0n) is 10.7. The van der Waals surface area contributed by atoms with Gasteiger partial charge in [0, 0.05) is 13.6 Å². The van der Waals surface area contributed by atoms with Gasteiger partial charge in [-0.05, 0) is 18.6 Å². The summed E-state index contributed by atoms with van der Waals surface area (Å²) in [6.07, 6.45) is 0.671. The zero-order chi connectivity index (χ0) is 13.5. The van der Waals surface area contributed by atoms with Crippen LogP contribution >= 0.6 is 0 Å². The number of benzene rings is 1. The molecule has 98 valence electrons. The number of nitrogens with two attached hydrogens (primary N) is 1. The summed E-state index contributed by atoms with van der Waals surface area (Å²) >= 11 is 0. The van der Waals surface area contributed by atoms with E-state index >= 15 is 0 Å². The molecule has 0 aromatic heterocycles. The molecule has 5 heteroatoms. The number of para-hydroxylation sites is 1. The van der Waals surface area contributed by atoms with Gasteiger partial charge in [-0.3, -0.25) is 9.59 Å². The van der Waals surface area contributed by atoms with E-state index in [0.29, 0.717) is 24.2 Å². The molecular formula is C13H19N3O2. The largest absolute Gasteiger partial charge is 0.355 e. The van der Waals surface area contributed by atoms with Gasteiger partial charge < -0.3 is 16.4 Å². The van der Waals surface area contributed by atoms with E-state index in [9.17, 15) is 9.59 Å². The van der Waals surface area contributed by atoms with Crippen molar-refractivity contribution in [3.63, 3.8) is 0 Å². The van der Waals surface area contributed by atoms with Crippen molar-refractivity contribution in [3.05, 3.63) is 29.8 Å². The Balaban J connectivity index is 2.90. The van der Waals surface area contributed by atoms with Gasteiger partial charge in [0.05, 0.1) is 17.2 Å². The van der Waals surface area contributed by atoms with Gasteiger partial charge in [-0.15, -0.1) is 0 Å². The van der Waals surface area contributed by atoms with Gasteiger partial charge in [-0.2, -0.15) is 0 Å². The summed E-state index contributed by atoms with van der Waals surface area (Å²) < 4.78 is 0. The van der Waals surface area contributed by atoms with Crippen LogP contribution in [0.2, 0.25) is 0 Å². The molecule has 18 heavy (non-hydrogen) atoms. The lowest BCUT2D eigenvalue weighted by atomic mass is 10.1. The number of amides is 2. The van der Waals surface area contributed by atoms with Gasteiger partial charge in [0.2, 0.25) is 5.91 Å². The molecule has 1 rings (SSSR count). The molecule has 0 bridgehead atoms. The molecule has 0 aliphatic carbocycles. The van der Waals surface area contributed by atoms with Crippen molar-refractivity contribution >= 4 is 17.5 Å². The predicted octanol–water partition coefficient (Wildman–Crippen LogP) is 0.970. The molecule has 2 amide bonds. The van der Waals surface area contributed by atoms with Crippen LogP contribution in [0.4, 0.5) is 5.69 Å². The first-order valence-electron chi connectivity index (χ1n) is 5.96. The van der Waals surface area contributed by atoms with Gasteiger partial charge in [-0.1, -0.05) is 19.1 Å². The fourth-order valence-electron chi connectivity index (χ4n) is 1.62. The lowest BCUT2D eigenvalue weighted by molar-refractivity contribution is -0.119. The summed E-state index contributed by atoms with van der Waals surface area (Å²) in [7, 11) is 1.55. The average molecular weight is 249 g/mol. The van der Waals surface area contributed by atoms with Gasteiger partial charge in [0.25, 0.3) is 5.91 Å². The molecule has 1 aromatic rings. The van der Waals surface area contributed by atoms with Crippen LogP contribution in [-0.4, -0.2) is 25.4 Å². The standard InChI is InChI=1S/C13H19N3O2/c1-3-9(8-14)12(17)16-11-7-5-4-6-10(11)13(18)15-2/h4-7,9H,3,8,14H2,1-2H3,(H,15,18)(H,16,17). The predicted molar refractivity (Wildman–Crippen MR) is 71.3 cm³/mol. The highest BCUT2D eigenvalue weighted by Gasteiger charge is 2.17. The van der Waals surface area contributed by atoms with E-state index in [1.165, 1.54) is 0 Å². The molecule has 1 atom stereocenters. The van der Waals surface area contributed by atoms with E-state index in [1.807, 2.05) is 6.92 Å². The van der Waals surface area contributed by atoms with Crippen LogP contribution in [0.3, 0.4) is 0 Å². The number of hydrogen-bond donors (Lipinski definition) is 3. The van der Waals surface area contributed by atoms with E-state index in [1.54, 1.807) is 31.3 Å². The van der Waals surface area contributed by atoms with Gasteiger partial charge >= 0.3 is 0 Å². The Morgan fingerprint density at radius 1 is 1.33 bits per heavy atom. The molecule has 0 saturated carbocycles. The highest BCUT2D eigenvalue weighted by Crippen LogP contribution is 2.16. The number of nitrogens with one attached hydrogen (secondary N) is 2. The van der Waals surface area contributed by atoms with Crippen molar-refractivity contribution in [2.75, 3.05) is 18.9 Å². The second-order valence-electron chi connectivity index (χ2n) is 3.95.